The Hall–Kier alpha value is -3.10. The van der Waals surface area contributed by atoms with Crippen LogP contribution in [0.15, 0.2) is 24.5 Å². The summed E-state index contributed by atoms with van der Waals surface area (Å²) in [5.74, 6) is 0.296. The summed E-state index contributed by atoms with van der Waals surface area (Å²) in [6.07, 6.45) is 6.28. The number of halogens is 3. The number of hydrogen-bond donors (Lipinski definition) is 2. The maximum atomic E-state index is 13.7. The van der Waals surface area contributed by atoms with Crippen LogP contribution in [0.5, 0.6) is 0 Å². The number of alkyl halides is 3. The molecule has 33 heavy (non-hydrogen) atoms. The van der Waals surface area contributed by atoms with Crippen LogP contribution in [0.25, 0.3) is 33.1 Å². The number of H-pyrrole nitrogens is 2. The Bertz CT molecular complexity index is 1310. The van der Waals surface area contributed by atoms with Gasteiger partial charge in [-0.05, 0) is 55.7 Å². The molecular formula is C24H25F3N6. The van der Waals surface area contributed by atoms with Crippen molar-refractivity contribution < 1.29 is 13.2 Å². The summed E-state index contributed by atoms with van der Waals surface area (Å²) in [4.78, 5) is 7.21. The fraction of sp³-hybridized carbons (Fsp3) is 0.458. The molecule has 2 N–H and O–H groups in total. The summed E-state index contributed by atoms with van der Waals surface area (Å²) in [5, 5.41) is 15.3. The molecule has 4 aromatic rings. The van der Waals surface area contributed by atoms with Gasteiger partial charge < -0.3 is 4.90 Å². The highest BCUT2D eigenvalue weighted by Gasteiger charge is 2.37. The van der Waals surface area contributed by atoms with Crippen LogP contribution >= 0.6 is 0 Å². The van der Waals surface area contributed by atoms with E-state index in [0.29, 0.717) is 11.6 Å². The van der Waals surface area contributed by atoms with Gasteiger partial charge in [0.1, 0.15) is 0 Å². The Morgan fingerprint density at radius 3 is 2.55 bits per heavy atom. The minimum Gasteiger partial charge on any atom is -0.370 e. The predicted molar refractivity (Wildman–Crippen MR) is 121 cm³/mol. The van der Waals surface area contributed by atoms with Crippen LogP contribution in [0.1, 0.15) is 62.1 Å². The SMILES string of the molecule is FC(F)(F)c1n[nH]cc1-c1cc(C2CCCC2)c2c(n1)c(N1CCCCC1)cc1[nH]ncc12. The molecule has 0 atom stereocenters. The predicted octanol–water partition coefficient (Wildman–Crippen LogP) is 6.17. The number of anilines is 1. The van der Waals surface area contributed by atoms with Crippen molar-refractivity contribution in [3.63, 3.8) is 0 Å². The number of fused-ring (bicyclic) bond motifs is 3. The zero-order valence-corrected chi connectivity index (χ0v) is 18.2. The van der Waals surface area contributed by atoms with Gasteiger partial charge in [-0.1, -0.05) is 12.8 Å². The van der Waals surface area contributed by atoms with Gasteiger partial charge in [-0.15, -0.1) is 0 Å². The molecule has 6 rings (SSSR count). The molecule has 1 aliphatic carbocycles. The lowest BCUT2D eigenvalue weighted by Gasteiger charge is -2.30. The van der Waals surface area contributed by atoms with Crippen molar-refractivity contribution in [2.45, 2.75) is 57.0 Å². The van der Waals surface area contributed by atoms with Crippen LogP contribution < -0.4 is 4.90 Å². The van der Waals surface area contributed by atoms with Crippen LogP contribution in [0.2, 0.25) is 0 Å². The zero-order chi connectivity index (χ0) is 22.6. The van der Waals surface area contributed by atoms with E-state index in [1.165, 1.54) is 12.6 Å². The Kier molecular flexibility index (Phi) is 4.81. The smallest absolute Gasteiger partial charge is 0.370 e. The largest absolute Gasteiger partial charge is 0.435 e. The van der Waals surface area contributed by atoms with Gasteiger partial charge in [0.25, 0.3) is 0 Å². The average molecular weight is 455 g/mol. The number of pyridine rings is 1. The van der Waals surface area contributed by atoms with Crippen LogP contribution in [0, 0.1) is 0 Å². The van der Waals surface area contributed by atoms with Crippen molar-refractivity contribution >= 4 is 27.5 Å². The van der Waals surface area contributed by atoms with Gasteiger partial charge in [0.05, 0.1) is 34.2 Å². The second-order valence-corrected chi connectivity index (χ2v) is 9.22. The van der Waals surface area contributed by atoms with Gasteiger partial charge in [0.2, 0.25) is 0 Å². The summed E-state index contributed by atoms with van der Waals surface area (Å²) >= 11 is 0. The van der Waals surface area contributed by atoms with Crippen LogP contribution in [-0.4, -0.2) is 38.5 Å². The van der Waals surface area contributed by atoms with E-state index in [9.17, 15) is 13.2 Å². The van der Waals surface area contributed by atoms with E-state index in [1.54, 1.807) is 0 Å². The highest BCUT2D eigenvalue weighted by Crippen LogP contribution is 2.45. The summed E-state index contributed by atoms with van der Waals surface area (Å²) in [6, 6.07) is 3.93. The zero-order valence-electron chi connectivity index (χ0n) is 18.2. The third kappa shape index (κ3) is 3.45. The van der Waals surface area contributed by atoms with Crippen molar-refractivity contribution in [3.8, 4) is 11.3 Å². The van der Waals surface area contributed by atoms with Gasteiger partial charge in [0, 0.05) is 30.1 Å². The molecule has 0 spiro atoms. The van der Waals surface area contributed by atoms with Crippen molar-refractivity contribution in [1.82, 2.24) is 25.4 Å². The molecule has 2 fully saturated rings. The molecule has 172 valence electrons. The van der Waals surface area contributed by atoms with Crippen molar-refractivity contribution in [3.05, 3.63) is 35.8 Å². The first-order valence-electron chi connectivity index (χ1n) is 11.7. The number of piperidine rings is 1. The summed E-state index contributed by atoms with van der Waals surface area (Å²) in [6.45, 7) is 1.83. The quantitative estimate of drug-likeness (QED) is 0.388. The highest BCUT2D eigenvalue weighted by molar-refractivity contribution is 6.12. The molecule has 6 nitrogen and oxygen atoms in total. The Balaban J connectivity index is 1.67. The van der Waals surface area contributed by atoms with Crippen molar-refractivity contribution in [1.29, 1.82) is 0 Å². The maximum Gasteiger partial charge on any atom is 0.435 e. The van der Waals surface area contributed by atoms with E-state index in [1.807, 2.05) is 12.3 Å². The third-order valence-corrected chi connectivity index (χ3v) is 7.19. The standard InChI is InChI=1S/C24H25F3N6/c25-24(26,27)23-17(13-29-32-23)18-10-15(14-6-2-3-7-14)21-16-12-28-31-19(16)11-20(22(21)30-18)33-8-4-1-5-9-33/h10-14H,1-9H2,(H,28,31)(H,29,32). The van der Waals surface area contributed by atoms with Crippen LogP contribution in [0.4, 0.5) is 18.9 Å². The fourth-order valence-corrected chi connectivity index (χ4v) is 5.62. The molecular weight excluding hydrogens is 429 g/mol. The topological polar surface area (TPSA) is 73.5 Å². The first-order chi connectivity index (χ1) is 16.0. The van der Waals surface area contributed by atoms with E-state index in [4.69, 9.17) is 4.98 Å². The number of rotatable bonds is 3. The molecule has 9 heteroatoms. The van der Waals surface area contributed by atoms with Crippen LogP contribution in [0.3, 0.4) is 0 Å². The number of nitrogens with one attached hydrogen (secondary N) is 2. The van der Waals surface area contributed by atoms with E-state index in [-0.39, 0.29) is 5.56 Å². The second kappa shape index (κ2) is 7.74. The van der Waals surface area contributed by atoms with Gasteiger partial charge in [0.15, 0.2) is 5.69 Å². The van der Waals surface area contributed by atoms with Gasteiger partial charge >= 0.3 is 6.18 Å². The lowest BCUT2D eigenvalue weighted by atomic mass is 9.90. The molecule has 1 aliphatic heterocycles. The number of aromatic nitrogens is 5. The number of benzene rings is 1. The van der Waals surface area contributed by atoms with Crippen LogP contribution in [-0.2, 0) is 6.18 Å². The molecule has 0 unspecified atom stereocenters. The fourth-order valence-electron chi connectivity index (χ4n) is 5.62. The molecule has 1 aromatic carbocycles. The number of hydrogen-bond acceptors (Lipinski definition) is 4. The lowest BCUT2D eigenvalue weighted by Crippen LogP contribution is -2.29. The second-order valence-electron chi connectivity index (χ2n) is 9.22. The molecule has 0 radical (unpaired) electrons. The molecule has 1 saturated heterocycles. The average Bonchev–Trinajstić information content (AvgIpc) is 3.59. The highest BCUT2D eigenvalue weighted by atomic mass is 19.4. The molecule has 0 bridgehead atoms. The van der Waals surface area contributed by atoms with Crippen molar-refractivity contribution in [2.24, 2.45) is 0 Å². The van der Waals surface area contributed by atoms with E-state index in [0.717, 1.165) is 84.7 Å². The number of aromatic amines is 2. The summed E-state index contributed by atoms with van der Waals surface area (Å²) in [5.41, 5.74) is 3.16. The minimum absolute atomic E-state index is 0.000492. The van der Waals surface area contributed by atoms with Crippen molar-refractivity contribution in [2.75, 3.05) is 18.0 Å². The number of nitrogens with zero attached hydrogens (tertiary/aromatic N) is 4. The third-order valence-electron chi connectivity index (χ3n) is 7.19. The maximum absolute atomic E-state index is 13.7. The first kappa shape index (κ1) is 20.5. The molecule has 0 amide bonds. The Morgan fingerprint density at radius 1 is 1.00 bits per heavy atom. The Morgan fingerprint density at radius 2 is 1.79 bits per heavy atom. The van der Waals surface area contributed by atoms with E-state index >= 15 is 0 Å². The minimum atomic E-state index is -4.55. The van der Waals surface area contributed by atoms with Gasteiger partial charge in [-0.2, -0.15) is 23.4 Å². The van der Waals surface area contributed by atoms with Gasteiger partial charge in [-0.25, -0.2) is 4.98 Å². The lowest BCUT2D eigenvalue weighted by molar-refractivity contribution is -0.140. The van der Waals surface area contributed by atoms with Gasteiger partial charge in [-0.3, -0.25) is 10.2 Å². The first-order valence-corrected chi connectivity index (χ1v) is 11.7. The Labute approximate surface area is 188 Å². The molecule has 4 heterocycles. The van der Waals surface area contributed by atoms with E-state index in [2.05, 4.69) is 31.4 Å². The molecule has 1 saturated carbocycles. The summed E-state index contributed by atoms with van der Waals surface area (Å²) in [7, 11) is 0. The molecule has 3 aromatic heterocycles. The normalized spacial score (nSPS) is 18.1. The molecule has 2 aliphatic rings. The monoisotopic (exact) mass is 454 g/mol. The summed E-state index contributed by atoms with van der Waals surface area (Å²) < 4.78 is 41.1. The van der Waals surface area contributed by atoms with E-state index < -0.39 is 11.9 Å².